The van der Waals surface area contributed by atoms with E-state index < -0.39 is 0 Å². The van der Waals surface area contributed by atoms with Crippen LogP contribution < -0.4 is 5.32 Å². The minimum Gasteiger partial charge on any atom is -0.342 e. The maximum Gasteiger partial charge on any atom is 0.226 e. The number of likely N-dealkylation sites (tertiary alicyclic amines) is 1. The van der Waals surface area contributed by atoms with Crippen LogP contribution in [-0.2, 0) is 16.0 Å². The summed E-state index contributed by atoms with van der Waals surface area (Å²) < 4.78 is 0.962. The molecule has 0 radical (unpaired) electrons. The Labute approximate surface area is 162 Å². The molecule has 5 heteroatoms. The molecular formula is C21H23BrN2O2. The Kier molecular flexibility index (Phi) is 6.09. The second-order valence-corrected chi connectivity index (χ2v) is 7.78. The van der Waals surface area contributed by atoms with E-state index in [0.29, 0.717) is 6.54 Å². The summed E-state index contributed by atoms with van der Waals surface area (Å²) in [5.41, 5.74) is 1.97. The largest absolute Gasteiger partial charge is 0.342 e. The summed E-state index contributed by atoms with van der Waals surface area (Å²) in [6.07, 6.45) is 1.08. The van der Waals surface area contributed by atoms with Crippen LogP contribution in [0.5, 0.6) is 0 Å². The first-order valence-electron chi connectivity index (χ1n) is 8.91. The van der Waals surface area contributed by atoms with E-state index in [0.717, 1.165) is 23.1 Å². The number of nitrogens with one attached hydrogen (secondary N) is 1. The molecule has 1 aliphatic rings. The third kappa shape index (κ3) is 4.73. The van der Waals surface area contributed by atoms with Gasteiger partial charge in [-0.25, -0.2) is 0 Å². The number of halogens is 1. The lowest BCUT2D eigenvalue weighted by molar-refractivity contribution is -0.133. The normalized spacial score (nSPS) is 19.6. The number of benzene rings is 2. The first kappa shape index (κ1) is 18.6. The number of hydrogen-bond acceptors (Lipinski definition) is 2. The van der Waals surface area contributed by atoms with Gasteiger partial charge in [-0.3, -0.25) is 9.59 Å². The fraction of sp³-hybridized carbons (Fsp3) is 0.333. The van der Waals surface area contributed by atoms with Gasteiger partial charge in [0, 0.05) is 29.7 Å². The third-order valence-electron chi connectivity index (χ3n) is 4.87. The van der Waals surface area contributed by atoms with Crippen LogP contribution in [0.25, 0.3) is 0 Å². The minimum absolute atomic E-state index is 0.0967. The lowest BCUT2D eigenvalue weighted by Crippen LogP contribution is -2.30. The molecule has 0 aliphatic carbocycles. The molecule has 1 saturated heterocycles. The van der Waals surface area contributed by atoms with Gasteiger partial charge in [-0.2, -0.15) is 0 Å². The van der Waals surface area contributed by atoms with Crippen LogP contribution in [0.15, 0.2) is 59.1 Å². The van der Waals surface area contributed by atoms with E-state index in [4.69, 9.17) is 0 Å². The molecule has 0 aromatic heterocycles. The fourth-order valence-corrected chi connectivity index (χ4v) is 3.65. The molecule has 1 heterocycles. The fourth-order valence-electron chi connectivity index (χ4n) is 3.39. The Morgan fingerprint density at radius 2 is 1.85 bits per heavy atom. The maximum atomic E-state index is 12.7. The summed E-state index contributed by atoms with van der Waals surface area (Å²) in [5.74, 6) is -0.0584. The lowest BCUT2D eigenvalue weighted by Gasteiger charge is -2.16. The Bertz CT molecular complexity index is 761. The van der Waals surface area contributed by atoms with Crippen molar-refractivity contribution in [2.45, 2.75) is 19.8 Å². The molecule has 2 amide bonds. The zero-order valence-corrected chi connectivity index (χ0v) is 16.4. The van der Waals surface area contributed by atoms with Crippen molar-refractivity contribution in [1.82, 2.24) is 4.90 Å². The molecule has 0 saturated carbocycles. The van der Waals surface area contributed by atoms with Gasteiger partial charge in [0.25, 0.3) is 0 Å². The molecule has 2 atom stereocenters. The predicted octanol–water partition coefficient (Wildman–Crippen LogP) is 4.11. The number of hydrogen-bond donors (Lipinski definition) is 1. The summed E-state index contributed by atoms with van der Waals surface area (Å²) in [6, 6.07) is 17.6. The van der Waals surface area contributed by atoms with E-state index in [1.54, 1.807) is 0 Å². The van der Waals surface area contributed by atoms with Crippen molar-refractivity contribution in [3.8, 4) is 0 Å². The van der Waals surface area contributed by atoms with E-state index in [1.807, 2.05) is 47.4 Å². The molecule has 4 nitrogen and oxygen atoms in total. The highest BCUT2D eigenvalue weighted by molar-refractivity contribution is 9.10. The van der Waals surface area contributed by atoms with Gasteiger partial charge in [-0.15, -0.1) is 0 Å². The van der Waals surface area contributed by atoms with E-state index in [1.165, 1.54) is 5.56 Å². The lowest BCUT2D eigenvalue weighted by atomic mass is 9.94. The average Bonchev–Trinajstić information content (AvgIpc) is 2.90. The van der Waals surface area contributed by atoms with Gasteiger partial charge in [-0.05, 0) is 42.2 Å². The molecule has 3 rings (SSSR count). The van der Waals surface area contributed by atoms with Crippen LogP contribution in [0.2, 0.25) is 0 Å². The van der Waals surface area contributed by atoms with E-state index in [-0.39, 0.29) is 30.1 Å². The molecule has 1 aliphatic heterocycles. The van der Waals surface area contributed by atoms with Gasteiger partial charge in [0.1, 0.15) is 0 Å². The summed E-state index contributed by atoms with van der Waals surface area (Å²) >= 11 is 3.37. The topological polar surface area (TPSA) is 49.4 Å². The van der Waals surface area contributed by atoms with Crippen LogP contribution in [0.4, 0.5) is 5.69 Å². The van der Waals surface area contributed by atoms with Crippen LogP contribution in [-0.4, -0.2) is 29.8 Å². The number of rotatable bonds is 6. The number of nitrogens with zero attached hydrogens (tertiary/aromatic N) is 1. The second-order valence-electron chi connectivity index (χ2n) is 6.86. The molecule has 1 N–H and O–H groups in total. The monoisotopic (exact) mass is 414 g/mol. The van der Waals surface area contributed by atoms with E-state index in [2.05, 4.69) is 40.3 Å². The first-order valence-corrected chi connectivity index (χ1v) is 9.70. The van der Waals surface area contributed by atoms with Crippen molar-refractivity contribution >= 4 is 33.4 Å². The maximum absolute atomic E-state index is 12.7. The van der Waals surface area contributed by atoms with Crippen molar-refractivity contribution in [1.29, 1.82) is 0 Å². The van der Waals surface area contributed by atoms with E-state index in [9.17, 15) is 9.59 Å². The number of carbonyl (C=O) groups excluding carboxylic acids is 2. The zero-order valence-electron chi connectivity index (χ0n) is 14.8. The average molecular weight is 415 g/mol. The van der Waals surface area contributed by atoms with Gasteiger partial charge in [0.2, 0.25) is 11.8 Å². The Balaban J connectivity index is 1.53. The highest BCUT2D eigenvalue weighted by Gasteiger charge is 2.38. The number of carbonyl (C=O) groups is 2. The van der Waals surface area contributed by atoms with Crippen LogP contribution in [0.1, 0.15) is 18.9 Å². The van der Waals surface area contributed by atoms with Gasteiger partial charge in [0.15, 0.2) is 0 Å². The Morgan fingerprint density at radius 1 is 1.15 bits per heavy atom. The van der Waals surface area contributed by atoms with Gasteiger partial charge in [0.05, 0.1) is 5.92 Å². The Morgan fingerprint density at radius 3 is 2.54 bits per heavy atom. The van der Waals surface area contributed by atoms with Crippen molar-refractivity contribution in [2.24, 2.45) is 11.8 Å². The molecule has 2 aromatic rings. The van der Waals surface area contributed by atoms with Gasteiger partial charge >= 0.3 is 0 Å². The molecule has 0 bridgehead atoms. The summed E-state index contributed by atoms with van der Waals surface area (Å²) in [4.78, 5) is 26.9. The molecule has 2 aromatic carbocycles. The standard InChI is InChI=1S/C21H23BrN2O2/c1-15-14-24(12-11-16-5-3-2-4-6-16)21(26)19(15)13-20(25)23-18-9-7-17(22)8-10-18/h2-10,15,19H,11-14H2,1H3,(H,23,25)/t15-,19+/m0/s1. The number of amides is 2. The molecule has 0 unspecified atom stereocenters. The third-order valence-corrected chi connectivity index (χ3v) is 5.40. The number of anilines is 1. The van der Waals surface area contributed by atoms with Crippen molar-refractivity contribution in [3.05, 3.63) is 64.6 Å². The van der Waals surface area contributed by atoms with Crippen LogP contribution >= 0.6 is 15.9 Å². The summed E-state index contributed by atoms with van der Waals surface area (Å²) in [7, 11) is 0. The molecule has 136 valence electrons. The first-order chi connectivity index (χ1) is 12.5. The van der Waals surface area contributed by atoms with Crippen LogP contribution in [0.3, 0.4) is 0 Å². The smallest absolute Gasteiger partial charge is 0.226 e. The Hall–Kier alpha value is -2.14. The highest BCUT2D eigenvalue weighted by atomic mass is 79.9. The zero-order chi connectivity index (χ0) is 18.5. The van der Waals surface area contributed by atoms with Crippen molar-refractivity contribution in [3.63, 3.8) is 0 Å². The second kappa shape index (κ2) is 8.49. The van der Waals surface area contributed by atoms with Crippen molar-refractivity contribution in [2.75, 3.05) is 18.4 Å². The van der Waals surface area contributed by atoms with E-state index >= 15 is 0 Å². The van der Waals surface area contributed by atoms with Gasteiger partial charge in [-0.1, -0.05) is 53.2 Å². The van der Waals surface area contributed by atoms with Crippen molar-refractivity contribution < 1.29 is 9.59 Å². The summed E-state index contributed by atoms with van der Waals surface area (Å²) in [5, 5.41) is 2.88. The summed E-state index contributed by atoms with van der Waals surface area (Å²) in [6.45, 7) is 3.48. The quantitative estimate of drug-likeness (QED) is 0.772. The highest BCUT2D eigenvalue weighted by Crippen LogP contribution is 2.28. The minimum atomic E-state index is -0.235. The molecular weight excluding hydrogens is 392 g/mol. The molecule has 0 spiro atoms. The van der Waals surface area contributed by atoms with Crippen LogP contribution in [0, 0.1) is 11.8 Å². The SMILES string of the molecule is C[C@H]1CN(CCc2ccccc2)C(=O)[C@@H]1CC(=O)Nc1ccc(Br)cc1. The predicted molar refractivity (Wildman–Crippen MR) is 107 cm³/mol. The molecule has 1 fully saturated rings. The van der Waals surface area contributed by atoms with Gasteiger partial charge < -0.3 is 10.2 Å². The molecule has 26 heavy (non-hydrogen) atoms.